The van der Waals surface area contributed by atoms with Gasteiger partial charge >= 0.3 is 6.09 Å². The molecule has 0 spiro atoms. The summed E-state index contributed by atoms with van der Waals surface area (Å²) < 4.78 is 0. The molecule has 1 rings (SSSR count). The molecule has 0 aliphatic carbocycles. The van der Waals surface area contributed by atoms with Gasteiger partial charge in [-0.2, -0.15) is 0 Å². The molecular formula is C16H23NO3. The number of Topliss-reactive ketones (excluding diaryl/α,β-unsaturated/α-hetero) is 1. The van der Waals surface area contributed by atoms with Crippen LogP contribution in [0.5, 0.6) is 0 Å². The van der Waals surface area contributed by atoms with E-state index in [-0.39, 0.29) is 18.2 Å². The number of hydrogen-bond donors (Lipinski definition) is 2. The third-order valence-electron chi connectivity index (χ3n) is 3.40. The summed E-state index contributed by atoms with van der Waals surface area (Å²) in [5.74, 6) is 0.0628. The lowest BCUT2D eigenvalue weighted by molar-refractivity contribution is -0.119. The minimum atomic E-state index is -1.17. The minimum Gasteiger partial charge on any atom is -0.465 e. The van der Waals surface area contributed by atoms with E-state index in [2.05, 4.69) is 31.3 Å². The Kier molecular flexibility index (Phi) is 5.74. The van der Waals surface area contributed by atoms with E-state index < -0.39 is 6.09 Å². The fourth-order valence-electron chi connectivity index (χ4n) is 2.31. The number of benzene rings is 1. The average Bonchev–Trinajstić information content (AvgIpc) is 2.36. The van der Waals surface area contributed by atoms with Crippen LogP contribution in [0.25, 0.3) is 0 Å². The molecule has 1 unspecified atom stereocenters. The molecule has 20 heavy (non-hydrogen) atoms. The Balaban J connectivity index is 2.99. The molecule has 1 aromatic rings. The number of carbonyl (C=O) groups excluding carboxylic acids is 1. The standard InChI is InChI=1S/C16H23NO3/c1-5-14(15(18)9-17-16(19)20)13-7-11(4)6-12(8-13)10(2)3/h6-8,10,14,17H,5,9H2,1-4H3,(H,19,20). The van der Waals surface area contributed by atoms with Crippen LogP contribution >= 0.6 is 0 Å². The zero-order valence-electron chi connectivity index (χ0n) is 12.6. The molecule has 110 valence electrons. The van der Waals surface area contributed by atoms with Gasteiger partial charge in [0.25, 0.3) is 0 Å². The second-order valence-electron chi connectivity index (χ2n) is 5.42. The topological polar surface area (TPSA) is 66.4 Å². The molecule has 1 amide bonds. The van der Waals surface area contributed by atoms with Gasteiger partial charge in [-0.25, -0.2) is 4.79 Å². The van der Waals surface area contributed by atoms with Crippen LogP contribution in [0.15, 0.2) is 18.2 Å². The molecule has 0 radical (unpaired) electrons. The van der Waals surface area contributed by atoms with Gasteiger partial charge in [-0.3, -0.25) is 4.79 Å². The lowest BCUT2D eigenvalue weighted by Crippen LogP contribution is -2.31. The second kappa shape index (κ2) is 7.08. The third-order valence-corrected chi connectivity index (χ3v) is 3.40. The molecule has 2 N–H and O–H groups in total. The van der Waals surface area contributed by atoms with Crippen LogP contribution in [0.4, 0.5) is 4.79 Å². The summed E-state index contributed by atoms with van der Waals surface area (Å²) in [6.07, 6.45) is -0.499. The monoisotopic (exact) mass is 277 g/mol. The van der Waals surface area contributed by atoms with Crippen LogP contribution in [0.1, 0.15) is 55.7 Å². The van der Waals surface area contributed by atoms with Crippen molar-refractivity contribution < 1.29 is 14.7 Å². The number of hydrogen-bond acceptors (Lipinski definition) is 2. The van der Waals surface area contributed by atoms with Crippen molar-refractivity contribution in [3.05, 3.63) is 34.9 Å². The molecular weight excluding hydrogens is 254 g/mol. The average molecular weight is 277 g/mol. The second-order valence-corrected chi connectivity index (χ2v) is 5.42. The van der Waals surface area contributed by atoms with E-state index in [1.54, 1.807) is 0 Å². The van der Waals surface area contributed by atoms with E-state index in [0.717, 1.165) is 11.1 Å². The molecule has 4 heteroatoms. The Labute approximate surface area is 120 Å². The Morgan fingerprint density at radius 2 is 1.80 bits per heavy atom. The van der Waals surface area contributed by atoms with Gasteiger partial charge in [-0.1, -0.05) is 44.5 Å². The van der Waals surface area contributed by atoms with Crippen molar-refractivity contribution in [2.24, 2.45) is 0 Å². The highest BCUT2D eigenvalue weighted by atomic mass is 16.4. The summed E-state index contributed by atoms with van der Waals surface area (Å²) in [7, 11) is 0. The maximum absolute atomic E-state index is 12.1. The molecule has 0 aliphatic heterocycles. The van der Waals surface area contributed by atoms with Crippen molar-refractivity contribution in [2.75, 3.05) is 6.54 Å². The lowest BCUT2D eigenvalue weighted by Gasteiger charge is -2.17. The van der Waals surface area contributed by atoms with E-state index in [1.165, 1.54) is 5.56 Å². The first kappa shape index (κ1) is 16.2. The molecule has 0 bridgehead atoms. The molecule has 0 aliphatic rings. The van der Waals surface area contributed by atoms with Crippen LogP contribution in [0.3, 0.4) is 0 Å². The van der Waals surface area contributed by atoms with E-state index in [9.17, 15) is 9.59 Å². The van der Waals surface area contributed by atoms with E-state index >= 15 is 0 Å². The van der Waals surface area contributed by atoms with Crippen LogP contribution in [-0.4, -0.2) is 23.5 Å². The first-order valence-electron chi connectivity index (χ1n) is 6.96. The molecule has 0 heterocycles. The summed E-state index contributed by atoms with van der Waals surface area (Å²) in [5, 5.41) is 10.7. The quantitative estimate of drug-likeness (QED) is 0.837. The van der Waals surface area contributed by atoms with E-state index in [1.807, 2.05) is 19.9 Å². The highest BCUT2D eigenvalue weighted by Crippen LogP contribution is 2.26. The minimum absolute atomic E-state index is 0.0878. The molecule has 0 saturated carbocycles. The molecule has 1 aromatic carbocycles. The van der Waals surface area contributed by atoms with E-state index in [4.69, 9.17) is 5.11 Å². The molecule has 0 fully saturated rings. The van der Waals surface area contributed by atoms with Gasteiger partial charge in [0, 0.05) is 5.92 Å². The van der Waals surface area contributed by atoms with E-state index in [0.29, 0.717) is 12.3 Å². The fraction of sp³-hybridized carbons (Fsp3) is 0.500. The van der Waals surface area contributed by atoms with Gasteiger partial charge in [0.1, 0.15) is 0 Å². The Bertz CT molecular complexity index is 494. The van der Waals surface area contributed by atoms with Gasteiger partial charge < -0.3 is 10.4 Å². The highest BCUT2D eigenvalue weighted by Gasteiger charge is 2.20. The zero-order chi connectivity index (χ0) is 15.3. The highest BCUT2D eigenvalue weighted by molar-refractivity contribution is 5.89. The summed E-state index contributed by atoms with van der Waals surface area (Å²) in [5.41, 5.74) is 3.31. The lowest BCUT2D eigenvalue weighted by atomic mass is 9.88. The summed E-state index contributed by atoms with van der Waals surface area (Å²) in [4.78, 5) is 22.6. The smallest absolute Gasteiger partial charge is 0.405 e. The molecule has 0 saturated heterocycles. The van der Waals surface area contributed by atoms with Gasteiger partial charge in [0.2, 0.25) is 0 Å². The van der Waals surface area contributed by atoms with Crippen LogP contribution in [-0.2, 0) is 4.79 Å². The van der Waals surface area contributed by atoms with Crippen molar-refractivity contribution >= 4 is 11.9 Å². The maximum Gasteiger partial charge on any atom is 0.405 e. The summed E-state index contributed by atoms with van der Waals surface area (Å²) in [6.45, 7) is 8.06. The van der Waals surface area contributed by atoms with Crippen molar-refractivity contribution in [1.82, 2.24) is 5.32 Å². The van der Waals surface area contributed by atoms with Gasteiger partial charge in [-0.15, -0.1) is 0 Å². The summed E-state index contributed by atoms with van der Waals surface area (Å²) in [6, 6.07) is 6.20. The molecule has 4 nitrogen and oxygen atoms in total. The Morgan fingerprint density at radius 1 is 1.20 bits per heavy atom. The normalized spacial score (nSPS) is 12.2. The van der Waals surface area contributed by atoms with Crippen LogP contribution in [0, 0.1) is 6.92 Å². The molecule has 0 aromatic heterocycles. The number of amides is 1. The number of rotatable bonds is 6. The number of ketones is 1. The third kappa shape index (κ3) is 4.37. The fourth-order valence-corrected chi connectivity index (χ4v) is 2.31. The van der Waals surface area contributed by atoms with Crippen LogP contribution in [0.2, 0.25) is 0 Å². The molecule has 1 atom stereocenters. The first-order valence-corrected chi connectivity index (χ1v) is 6.96. The number of carboxylic acid groups (broad SMARTS) is 1. The van der Waals surface area contributed by atoms with Crippen LogP contribution < -0.4 is 5.32 Å². The SMILES string of the molecule is CCC(C(=O)CNC(=O)O)c1cc(C)cc(C(C)C)c1. The Morgan fingerprint density at radius 3 is 2.30 bits per heavy atom. The largest absolute Gasteiger partial charge is 0.465 e. The van der Waals surface area contributed by atoms with Crippen molar-refractivity contribution in [1.29, 1.82) is 0 Å². The van der Waals surface area contributed by atoms with Crippen molar-refractivity contribution in [2.45, 2.75) is 46.0 Å². The zero-order valence-corrected chi connectivity index (χ0v) is 12.6. The van der Waals surface area contributed by atoms with Gasteiger partial charge in [0.05, 0.1) is 6.54 Å². The summed E-state index contributed by atoms with van der Waals surface area (Å²) >= 11 is 0. The number of nitrogens with one attached hydrogen (secondary N) is 1. The number of aryl methyl sites for hydroxylation is 1. The van der Waals surface area contributed by atoms with Crippen molar-refractivity contribution in [3.63, 3.8) is 0 Å². The predicted octanol–water partition coefficient (Wildman–Crippen LogP) is 3.45. The van der Waals surface area contributed by atoms with Crippen molar-refractivity contribution in [3.8, 4) is 0 Å². The first-order chi connectivity index (χ1) is 9.35. The Hall–Kier alpha value is -1.84. The van der Waals surface area contributed by atoms with Gasteiger partial charge in [-0.05, 0) is 30.4 Å². The predicted molar refractivity (Wildman–Crippen MR) is 79.3 cm³/mol. The number of carbonyl (C=O) groups is 2. The maximum atomic E-state index is 12.1. The van der Waals surface area contributed by atoms with Gasteiger partial charge in [0.15, 0.2) is 5.78 Å².